The van der Waals surface area contributed by atoms with E-state index in [9.17, 15) is 0 Å². The summed E-state index contributed by atoms with van der Waals surface area (Å²) in [6.45, 7) is 16.5. The molecule has 0 saturated heterocycles. The average molecular weight is 277 g/mol. The molecule has 0 aromatic rings. The van der Waals surface area contributed by atoms with Crippen LogP contribution in [0.25, 0.3) is 0 Å². The Hall–Kier alpha value is -0.850. The summed E-state index contributed by atoms with van der Waals surface area (Å²) in [7, 11) is 0. The summed E-state index contributed by atoms with van der Waals surface area (Å²) in [6.07, 6.45) is 10.6. The molecule has 0 aromatic carbocycles. The number of aliphatic imine (C=N–C) groups is 1. The molecule has 0 fully saturated rings. The lowest BCUT2D eigenvalue weighted by atomic mass is 9.91. The molecule has 0 atom stereocenters. The van der Waals surface area contributed by atoms with E-state index in [2.05, 4.69) is 65.6 Å². The average Bonchev–Trinajstić information content (AvgIpc) is 2.33. The lowest BCUT2D eigenvalue weighted by Gasteiger charge is -2.15. The van der Waals surface area contributed by atoms with Crippen LogP contribution in [0.2, 0.25) is 0 Å². The van der Waals surface area contributed by atoms with Crippen molar-refractivity contribution in [3.05, 3.63) is 23.3 Å². The van der Waals surface area contributed by atoms with E-state index >= 15 is 0 Å². The van der Waals surface area contributed by atoms with Gasteiger partial charge in [-0.3, -0.25) is 4.99 Å². The van der Waals surface area contributed by atoms with Crippen molar-refractivity contribution >= 4 is 5.71 Å². The minimum Gasteiger partial charge on any atom is -0.295 e. The molecule has 0 unspecified atom stereocenters. The first-order valence-corrected chi connectivity index (χ1v) is 8.06. The molecular formula is C19H35N. The molecule has 0 aromatic heterocycles. The first kappa shape index (κ1) is 19.1. The third kappa shape index (κ3) is 12.2. The van der Waals surface area contributed by atoms with Gasteiger partial charge in [-0.1, -0.05) is 44.1 Å². The van der Waals surface area contributed by atoms with Crippen LogP contribution in [0.5, 0.6) is 0 Å². The number of rotatable bonds is 8. The molecule has 0 saturated carbocycles. The number of allylic oxidation sites excluding steroid dienone is 4. The SMILES string of the molecule is CCN=C(C)CC/C(C)=C/CC/C(C)=C/CC(C)(C)C. The van der Waals surface area contributed by atoms with Crippen molar-refractivity contribution in [2.45, 2.75) is 80.6 Å². The highest BCUT2D eigenvalue weighted by Gasteiger charge is 2.07. The fourth-order valence-electron chi connectivity index (χ4n) is 1.96. The van der Waals surface area contributed by atoms with Crippen LogP contribution in [0.3, 0.4) is 0 Å². The molecule has 1 nitrogen and oxygen atoms in total. The second-order valence-electron chi connectivity index (χ2n) is 7.11. The number of hydrogen-bond acceptors (Lipinski definition) is 1. The first-order valence-electron chi connectivity index (χ1n) is 8.06. The summed E-state index contributed by atoms with van der Waals surface area (Å²) in [5.41, 5.74) is 4.71. The van der Waals surface area contributed by atoms with Crippen LogP contribution in [0.15, 0.2) is 28.3 Å². The van der Waals surface area contributed by atoms with Gasteiger partial charge in [-0.15, -0.1) is 0 Å². The Bertz CT molecular complexity index is 350. The summed E-state index contributed by atoms with van der Waals surface area (Å²) in [6, 6.07) is 0. The topological polar surface area (TPSA) is 12.4 Å². The van der Waals surface area contributed by atoms with Crippen LogP contribution < -0.4 is 0 Å². The highest BCUT2D eigenvalue weighted by atomic mass is 14.7. The van der Waals surface area contributed by atoms with E-state index in [-0.39, 0.29) is 0 Å². The minimum absolute atomic E-state index is 0.406. The van der Waals surface area contributed by atoms with Crippen LogP contribution >= 0.6 is 0 Å². The van der Waals surface area contributed by atoms with Crippen LogP contribution in [0.4, 0.5) is 0 Å². The van der Waals surface area contributed by atoms with E-state index in [1.807, 2.05) is 0 Å². The molecule has 0 radical (unpaired) electrons. The van der Waals surface area contributed by atoms with Gasteiger partial charge < -0.3 is 0 Å². The smallest absolute Gasteiger partial charge is 0.0360 e. The zero-order valence-electron chi connectivity index (χ0n) is 14.8. The molecule has 0 aliphatic heterocycles. The van der Waals surface area contributed by atoms with Gasteiger partial charge in [0.1, 0.15) is 0 Å². The Morgan fingerprint density at radius 3 is 2.05 bits per heavy atom. The summed E-state index contributed by atoms with van der Waals surface area (Å²) < 4.78 is 0. The maximum Gasteiger partial charge on any atom is 0.0360 e. The maximum atomic E-state index is 4.43. The second-order valence-corrected chi connectivity index (χ2v) is 7.11. The normalized spacial score (nSPS) is 14.8. The summed E-state index contributed by atoms with van der Waals surface area (Å²) in [4.78, 5) is 4.43. The molecule has 0 N–H and O–H groups in total. The van der Waals surface area contributed by atoms with E-state index in [0.717, 1.165) is 19.4 Å². The summed E-state index contributed by atoms with van der Waals surface area (Å²) >= 11 is 0. The molecule has 0 rings (SSSR count). The van der Waals surface area contributed by atoms with Gasteiger partial charge in [0, 0.05) is 12.3 Å². The van der Waals surface area contributed by atoms with Crippen molar-refractivity contribution in [1.29, 1.82) is 0 Å². The predicted octanol–water partition coefficient (Wildman–Crippen LogP) is 6.36. The Balaban J connectivity index is 4.02. The zero-order valence-corrected chi connectivity index (χ0v) is 14.8. The monoisotopic (exact) mass is 277 g/mol. The van der Waals surface area contributed by atoms with Gasteiger partial charge in [0.25, 0.3) is 0 Å². The van der Waals surface area contributed by atoms with E-state index in [1.165, 1.54) is 36.1 Å². The first-order chi connectivity index (χ1) is 9.24. The van der Waals surface area contributed by atoms with Gasteiger partial charge in [-0.25, -0.2) is 0 Å². The molecule has 20 heavy (non-hydrogen) atoms. The fourth-order valence-corrected chi connectivity index (χ4v) is 1.96. The lowest BCUT2D eigenvalue weighted by molar-refractivity contribution is 0.419. The van der Waals surface area contributed by atoms with Gasteiger partial charge in [-0.05, 0) is 65.2 Å². The summed E-state index contributed by atoms with van der Waals surface area (Å²) in [5.74, 6) is 0. The molecule has 0 heterocycles. The van der Waals surface area contributed by atoms with Crippen molar-refractivity contribution in [1.82, 2.24) is 0 Å². The third-order valence-electron chi connectivity index (χ3n) is 3.40. The zero-order chi connectivity index (χ0) is 15.6. The third-order valence-corrected chi connectivity index (χ3v) is 3.40. The Morgan fingerprint density at radius 1 is 0.900 bits per heavy atom. The van der Waals surface area contributed by atoms with E-state index in [1.54, 1.807) is 0 Å². The fraction of sp³-hybridized carbons (Fsp3) is 0.737. The number of hydrogen-bond donors (Lipinski definition) is 0. The molecular weight excluding hydrogens is 242 g/mol. The quantitative estimate of drug-likeness (QED) is 0.362. The highest BCUT2D eigenvalue weighted by molar-refractivity contribution is 5.82. The van der Waals surface area contributed by atoms with E-state index < -0.39 is 0 Å². The van der Waals surface area contributed by atoms with Crippen molar-refractivity contribution < 1.29 is 0 Å². The Morgan fingerprint density at radius 2 is 1.50 bits per heavy atom. The molecule has 0 amide bonds. The minimum atomic E-state index is 0.406. The molecule has 0 aliphatic rings. The Kier molecular flexibility index (Phi) is 9.54. The highest BCUT2D eigenvalue weighted by Crippen LogP contribution is 2.21. The predicted molar refractivity (Wildman–Crippen MR) is 93.7 cm³/mol. The van der Waals surface area contributed by atoms with Crippen LogP contribution in [0, 0.1) is 5.41 Å². The van der Waals surface area contributed by atoms with Crippen molar-refractivity contribution in [3.8, 4) is 0 Å². The van der Waals surface area contributed by atoms with Crippen molar-refractivity contribution in [3.63, 3.8) is 0 Å². The van der Waals surface area contributed by atoms with Crippen LogP contribution in [-0.2, 0) is 0 Å². The van der Waals surface area contributed by atoms with Crippen molar-refractivity contribution in [2.75, 3.05) is 6.54 Å². The standard InChI is InChI=1S/C19H35N/c1-8-20-18(4)13-12-16(2)10-9-11-17(3)14-15-19(5,6)7/h10,14H,8-9,11-13,15H2,1-7H3/b16-10+,17-14+,20-18?. The molecule has 0 spiro atoms. The Labute approximate surface area is 127 Å². The molecule has 1 heteroatoms. The van der Waals surface area contributed by atoms with Crippen molar-refractivity contribution in [2.24, 2.45) is 10.4 Å². The van der Waals surface area contributed by atoms with E-state index in [4.69, 9.17) is 0 Å². The molecule has 0 aliphatic carbocycles. The van der Waals surface area contributed by atoms with Gasteiger partial charge in [0.05, 0.1) is 0 Å². The van der Waals surface area contributed by atoms with Crippen LogP contribution in [-0.4, -0.2) is 12.3 Å². The van der Waals surface area contributed by atoms with Gasteiger partial charge in [0.15, 0.2) is 0 Å². The molecule has 0 bridgehead atoms. The van der Waals surface area contributed by atoms with E-state index in [0.29, 0.717) is 5.41 Å². The van der Waals surface area contributed by atoms with Gasteiger partial charge in [0.2, 0.25) is 0 Å². The van der Waals surface area contributed by atoms with Crippen LogP contribution in [0.1, 0.15) is 80.6 Å². The maximum absolute atomic E-state index is 4.43. The molecule has 116 valence electrons. The largest absolute Gasteiger partial charge is 0.295 e. The van der Waals surface area contributed by atoms with Gasteiger partial charge in [-0.2, -0.15) is 0 Å². The number of nitrogens with zero attached hydrogens (tertiary/aromatic N) is 1. The van der Waals surface area contributed by atoms with Gasteiger partial charge >= 0.3 is 0 Å². The summed E-state index contributed by atoms with van der Waals surface area (Å²) in [5, 5.41) is 0. The second kappa shape index (κ2) is 9.96. The lowest BCUT2D eigenvalue weighted by Crippen LogP contribution is -2.02.